The summed E-state index contributed by atoms with van der Waals surface area (Å²) >= 11 is 22.9. The molecule has 1 aromatic rings. The summed E-state index contributed by atoms with van der Waals surface area (Å²) in [5.74, 6) is 0. The molecule has 0 radical (unpaired) electrons. The van der Waals surface area contributed by atoms with E-state index in [1.165, 1.54) is 6.07 Å². The number of nitrogens with one attached hydrogen (secondary N) is 1. The molecule has 0 fully saturated rings. The number of hydrogen-bond acceptors (Lipinski definition) is 1. The van der Waals surface area contributed by atoms with E-state index in [-0.39, 0.29) is 25.8 Å². The Balaban J connectivity index is 3.29. The predicted octanol–water partition coefficient (Wildman–Crippen LogP) is 3.79. The number of carbonyl (C=O) groups is 1. The molecule has 14 heavy (non-hydrogen) atoms. The fraction of sp³-hybridized carbons (Fsp3) is 0. The zero-order valence-corrected chi connectivity index (χ0v) is 9.60. The molecule has 0 atom stereocenters. The molecule has 1 rings (SSSR count). The Morgan fingerprint density at radius 2 is 1.71 bits per heavy atom. The number of rotatable bonds is 1. The molecule has 7 heteroatoms. The van der Waals surface area contributed by atoms with Crippen LogP contribution >= 0.6 is 46.4 Å². The number of halogens is 4. The minimum atomic E-state index is -0.785. The van der Waals surface area contributed by atoms with Crippen molar-refractivity contribution in [3.63, 3.8) is 0 Å². The summed E-state index contributed by atoms with van der Waals surface area (Å²) in [4.78, 5) is 10.6. The molecule has 76 valence electrons. The molecular formula is C7H4Cl4N2O. The third kappa shape index (κ3) is 2.36. The van der Waals surface area contributed by atoms with Gasteiger partial charge >= 0.3 is 6.03 Å². The Bertz CT molecular complexity index is 394. The summed E-state index contributed by atoms with van der Waals surface area (Å²) in [6.07, 6.45) is 0. The van der Waals surface area contributed by atoms with Gasteiger partial charge in [-0.3, -0.25) is 0 Å². The van der Waals surface area contributed by atoms with Crippen molar-refractivity contribution >= 4 is 58.1 Å². The summed E-state index contributed by atoms with van der Waals surface area (Å²) in [5.41, 5.74) is 5.06. The number of amides is 2. The Labute approximate surface area is 100 Å². The van der Waals surface area contributed by atoms with Crippen LogP contribution in [0.5, 0.6) is 0 Å². The van der Waals surface area contributed by atoms with E-state index in [2.05, 4.69) is 5.32 Å². The van der Waals surface area contributed by atoms with E-state index in [0.717, 1.165) is 0 Å². The highest BCUT2D eigenvalue weighted by atomic mass is 35.5. The monoisotopic (exact) mass is 272 g/mol. The highest BCUT2D eigenvalue weighted by Gasteiger charge is 2.14. The third-order valence-corrected chi connectivity index (χ3v) is 2.92. The molecule has 0 unspecified atom stereocenters. The van der Waals surface area contributed by atoms with Crippen LogP contribution in [0.2, 0.25) is 20.1 Å². The molecule has 0 saturated heterocycles. The summed E-state index contributed by atoms with van der Waals surface area (Å²) < 4.78 is 0. The molecule has 0 aliphatic rings. The lowest BCUT2D eigenvalue weighted by atomic mass is 10.3. The van der Waals surface area contributed by atoms with Crippen molar-refractivity contribution in [2.75, 3.05) is 5.32 Å². The lowest BCUT2D eigenvalue weighted by Crippen LogP contribution is -2.19. The van der Waals surface area contributed by atoms with Crippen LogP contribution in [-0.4, -0.2) is 6.03 Å². The molecule has 3 N–H and O–H groups in total. The molecule has 3 nitrogen and oxygen atoms in total. The van der Waals surface area contributed by atoms with Gasteiger partial charge in [-0.15, -0.1) is 0 Å². The second kappa shape index (κ2) is 4.45. The maximum atomic E-state index is 10.6. The Morgan fingerprint density at radius 3 is 2.21 bits per heavy atom. The molecule has 0 aliphatic heterocycles. The minimum absolute atomic E-state index is 0.0583. The quantitative estimate of drug-likeness (QED) is 0.594. The lowest BCUT2D eigenvalue weighted by Gasteiger charge is -2.09. The number of urea groups is 1. The van der Waals surface area contributed by atoms with Crippen molar-refractivity contribution in [3.05, 3.63) is 26.2 Å². The van der Waals surface area contributed by atoms with Crippen LogP contribution in [0.15, 0.2) is 6.07 Å². The van der Waals surface area contributed by atoms with E-state index in [1.807, 2.05) is 0 Å². The Hall–Kier alpha value is -0.350. The molecule has 0 bridgehead atoms. The maximum absolute atomic E-state index is 10.6. The van der Waals surface area contributed by atoms with Gasteiger partial charge in [-0.1, -0.05) is 46.4 Å². The number of carbonyl (C=O) groups excluding carboxylic acids is 1. The van der Waals surface area contributed by atoms with E-state index in [4.69, 9.17) is 52.1 Å². The van der Waals surface area contributed by atoms with Gasteiger partial charge in [0.15, 0.2) is 0 Å². The zero-order valence-electron chi connectivity index (χ0n) is 6.57. The van der Waals surface area contributed by atoms with Gasteiger partial charge in [-0.05, 0) is 6.07 Å². The Kier molecular flexibility index (Phi) is 3.72. The van der Waals surface area contributed by atoms with Crippen molar-refractivity contribution in [3.8, 4) is 0 Å². The molecule has 1 aromatic carbocycles. The second-order valence-electron chi connectivity index (χ2n) is 2.33. The van der Waals surface area contributed by atoms with E-state index >= 15 is 0 Å². The first-order chi connectivity index (χ1) is 6.43. The molecule has 2 amide bonds. The molecular weight excluding hydrogens is 270 g/mol. The number of primary amides is 1. The zero-order chi connectivity index (χ0) is 10.9. The topological polar surface area (TPSA) is 55.1 Å². The van der Waals surface area contributed by atoms with E-state index < -0.39 is 6.03 Å². The lowest BCUT2D eigenvalue weighted by molar-refractivity contribution is 0.259. The molecule has 0 heterocycles. The van der Waals surface area contributed by atoms with Gasteiger partial charge < -0.3 is 11.1 Å². The van der Waals surface area contributed by atoms with Crippen molar-refractivity contribution in [2.45, 2.75) is 0 Å². The van der Waals surface area contributed by atoms with Crippen molar-refractivity contribution in [1.82, 2.24) is 0 Å². The smallest absolute Gasteiger partial charge is 0.316 e. The summed E-state index contributed by atoms with van der Waals surface area (Å²) in [6, 6.07) is 0.579. The number of anilines is 1. The average Bonchev–Trinajstić information content (AvgIpc) is 2.09. The van der Waals surface area contributed by atoms with E-state index in [0.29, 0.717) is 0 Å². The predicted molar refractivity (Wildman–Crippen MR) is 59.7 cm³/mol. The molecule has 0 spiro atoms. The fourth-order valence-electron chi connectivity index (χ4n) is 0.804. The van der Waals surface area contributed by atoms with Crippen molar-refractivity contribution in [1.29, 1.82) is 0 Å². The van der Waals surface area contributed by atoms with Gasteiger partial charge in [0.05, 0.1) is 25.8 Å². The molecule has 0 aliphatic carbocycles. The van der Waals surface area contributed by atoms with Crippen LogP contribution < -0.4 is 11.1 Å². The summed E-state index contributed by atoms with van der Waals surface area (Å²) in [6.45, 7) is 0. The van der Waals surface area contributed by atoms with Crippen molar-refractivity contribution in [2.24, 2.45) is 5.73 Å². The first kappa shape index (κ1) is 11.7. The average molecular weight is 274 g/mol. The highest BCUT2D eigenvalue weighted by molar-refractivity contribution is 6.51. The molecule has 0 saturated carbocycles. The minimum Gasteiger partial charge on any atom is -0.351 e. The van der Waals surface area contributed by atoms with Crippen LogP contribution in [0.1, 0.15) is 0 Å². The first-order valence-electron chi connectivity index (χ1n) is 3.33. The summed E-state index contributed by atoms with van der Waals surface area (Å²) in [5, 5.41) is 2.79. The van der Waals surface area contributed by atoms with Crippen LogP contribution in [0, 0.1) is 0 Å². The maximum Gasteiger partial charge on any atom is 0.316 e. The van der Waals surface area contributed by atoms with Crippen molar-refractivity contribution < 1.29 is 4.79 Å². The van der Waals surface area contributed by atoms with E-state index in [9.17, 15) is 4.79 Å². The number of hydrogen-bond donors (Lipinski definition) is 2. The van der Waals surface area contributed by atoms with Gasteiger partial charge in [-0.2, -0.15) is 0 Å². The third-order valence-electron chi connectivity index (χ3n) is 1.36. The first-order valence-corrected chi connectivity index (χ1v) is 4.84. The van der Waals surface area contributed by atoms with Gasteiger partial charge in [0, 0.05) is 0 Å². The van der Waals surface area contributed by atoms with Crippen LogP contribution in [-0.2, 0) is 0 Å². The van der Waals surface area contributed by atoms with Crippen LogP contribution in [0.3, 0.4) is 0 Å². The van der Waals surface area contributed by atoms with Crippen LogP contribution in [0.25, 0.3) is 0 Å². The second-order valence-corrected chi connectivity index (χ2v) is 3.90. The molecule has 0 aromatic heterocycles. The van der Waals surface area contributed by atoms with Crippen LogP contribution in [0.4, 0.5) is 10.5 Å². The van der Waals surface area contributed by atoms with Gasteiger partial charge in [0.1, 0.15) is 0 Å². The number of nitrogens with two attached hydrogens (primary N) is 1. The summed E-state index contributed by atoms with van der Waals surface area (Å²) in [7, 11) is 0. The van der Waals surface area contributed by atoms with Gasteiger partial charge in [0.2, 0.25) is 0 Å². The van der Waals surface area contributed by atoms with Gasteiger partial charge in [0.25, 0.3) is 0 Å². The van der Waals surface area contributed by atoms with Gasteiger partial charge in [-0.25, -0.2) is 4.79 Å². The van der Waals surface area contributed by atoms with E-state index in [1.54, 1.807) is 0 Å². The SMILES string of the molecule is NC(=O)Nc1c(Cl)cc(Cl)c(Cl)c1Cl. The number of benzene rings is 1. The largest absolute Gasteiger partial charge is 0.351 e. The fourth-order valence-corrected chi connectivity index (χ4v) is 1.81. The standard InChI is InChI=1S/C7H4Cl4N2O/c8-2-1-3(9)6(13-7(12)14)5(11)4(2)10/h1H,(H3,12,13,14). The Morgan fingerprint density at radius 1 is 1.14 bits per heavy atom. The highest BCUT2D eigenvalue weighted by Crippen LogP contribution is 2.40. The normalized spacial score (nSPS) is 10.0.